The van der Waals surface area contributed by atoms with Gasteiger partial charge in [-0.25, -0.2) is 10.5 Å². The van der Waals surface area contributed by atoms with E-state index in [4.69, 9.17) is 14.7 Å². The predicted octanol–water partition coefficient (Wildman–Crippen LogP) is 4.01. The summed E-state index contributed by atoms with van der Waals surface area (Å²) in [5, 5.41) is 11.9. The molecule has 1 amide bonds. The SMILES string of the molecule is CCOC(=O)[C@@]1(Cc2ccc(OCc3csc(-c4ccccc4)n3)cc2)C[C@@H]1C(=O)NO. The van der Waals surface area contributed by atoms with Crippen molar-refractivity contribution in [1.82, 2.24) is 10.5 Å². The minimum atomic E-state index is -0.931. The highest BCUT2D eigenvalue weighted by atomic mass is 32.1. The smallest absolute Gasteiger partial charge is 0.313 e. The quantitative estimate of drug-likeness (QED) is 0.289. The molecular formula is C24H24N2O5S. The van der Waals surface area contributed by atoms with E-state index in [9.17, 15) is 9.59 Å². The zero-order chi connectivity index (χ0) is 22.6. The maximum absolute atomic E-state index is 12.5. The van der Waals surface area contributed by atoms with Crippen molar-refractivity contribution in [1.29, 1.82) is 0 Å². The zero-order valence-electron chi connectivity index (χ0n) is 17.6. The number of hydroxylamine groups is 1. The molecule has 166 valence electrons. The van der Waals surface area contributed by atoms with Crippen LogP contribution in [0.25, 0.3) is 10.6 Å². The summed E-state index contributed by atoms with van der Waals surface area (Å²) >= 11 is 1.58. The second-order valence-corrected chi connectivity index (χ2v) is 8.59. The third-order valence-electron chi connectivity index (χ3n) is 5.59. The van der Waals surface area contributed by atoms with Gasteiger partial charge in [-0.2, -0.15) is 0 Å². The first-order valence-corrected chi connectivity index (χ1v) is 11.3. The Bertz CT molecular complexity index is 1080. The molecule has 2 atom stereocenters. The Morgan fingerprint density at radius 1 is 1.19 bits per heavy atom. The van der Waals surface area contributed by atoms with Gasteiger partial charge in [0.25, 0.3) is 0 Å². The van der Waals surface area contributed by atoms with E-state index in [1.807, 2.05) is 60.0 Å². The van der Waals surface area contributed by atoms with Crippen molar-refractivity contribution in [3.63, 3.8) is 0 Å². The predicted molar refractivity (Wildman–Crippen MR) is 119 cm³/mol. The number of rotatable bonds is 9. The van der Waals surface area contributed by atoms with Crippen molar-refractivity contribution < 1.29 is 24.3 Å². The van der Waals surface area contributed by atoms with Gasteiger partial charge in [0.1, 0.15) is 17.4 Å². The molecule has 0 radical (unpaired) electrons. The fourth-order valence-electron chi connectivity index (χ4n) is 3.81. The Morgan fingerprint density at radius 2 is 1.94 bits per heavy atom. The van der Waals surface area contributed by atoms with Crippen LogP contribution in [0.2, 0.25) is 0 Å². The van der Waals surface area contributed by atoms with Crippen LogP contribution in [-0.2, 0) is 27.4 Å². The van der Waals surface area contributed by atoms with Crippen LogP contribution in [0.3, 0.4) is 0 Å². The average molecular weight is 453 g/mol. The summed E-state index contributed by atoms with van der Waals surface area (Å²) in [5.74, 6) is -0.873. The average Bonchev–Trinajstić information content (AvgIpc) is 3.36. The summed E-state index contributed by atoms with van der Waals surface area (Å²) in [4.78, 5) is 29.0. The number of carbonyl (C=O) groups is 2. The topological polar surface area (TPSA) is 97.8 Å². The Balaban J connectivity index is 1.37. The number of esters is 1. The molecule has 7 nitrogen and oxygen atoms in total. The van der Waals surface area contributed by atoms with Crippen LogP contribution < -0.4 is 10.2 Å². The largest absolute Gasteiger partial charge is 0.487 e. The molecule has 1 fully saturated rings. The van der Waals surface area contributed by atoms with Gasteiger partial charge in [0, 0.05) is 10.9 Å². The lowest BCUT2D eigenvalue weighted by Gasteiger charge is -2.16. The van der Waals surface area contributed by atoms with Crippen molar-refractivity contribution in [2.24, 2.45) is 11.3 Å². The minimum Gasteiger partial charge on any atom is -0.487 e. The summed E-state index contributed by atoms with van der Waals surface area (Å²) < 4.78 is 11.0. The van der Waals surface area contributed by atoms with E-state index in [1.54, 1.807) is 23.7 Å². The van der Waals surface area contributed by atoms with Crippen LogP contribution >= 0.6 is 11.3 Å². The highest BCUT2D eigenvalue weighted by Gasteiger charge is 2.64. The third kappa shape index (κ3) is 4.66. The summed E-state index contributed by atoms with van der Waals surface area (Å²) in [6.45, 7) is 2.32. The highest BCUT2D eigenvalue weighted by molar-refractivity contribution is 7.13. The molecule has 1 aromatic heterocycles. The molecule has 1 aliphatic carbocycles. The van der Waals surface area contributed by atoms with Crippen molar-refractivity contribution in [3.05, 3.63) is 71.2 Å². The molecule has 3 aromatic rings. The Hall–Kier alpha value is -3.23. The minimum absolute atomic E-state index is 0.240. The van der Waals surface area contributed by atoms with Gasteiger partial charge >= 0.3 is 5.97 Å². The summed E-state index contributed by atoms with van der Waals surface area (Å²) in [7, 11) is 0. The lowest BCUT2D eigenvalue weighted by Crippen LogP contribution is -2.30. The maximum atomic E-state index is 12.5. The molecule has 1 aliphatic rings. The summed E-state index contributed by atoms with van der Waals surface area (Å²) in [5.41, 5.74) is 3.54. The van der Waals surface area contributed by atoms with E-state index in [1.165, 1.54) is 0 Å². The van der Waals surface area contributed by atoms with Gasteiger partial charge in [-0.05, 0) is 37.5 Å². The normalized spacial score (nSPS) is 19.2. The monoisotopic (exact) mass is 452 g/mol. The Labute approximate surface area is 190 Å². The van der Waals surface area contributed by atoms with E-state index in [0.717, 1.165) is 21.8 Å². The lowest BCUT2D eigenvalue weighted by atomic mass is 9.93. The fourth-order valence-corrected chi connectivity index (χ4v) is 4.62. The molecule has 0 spiro atoms. The van der Waals surface area contributed by atoms with Crippen LogP contribution in [0.4, 0.5) is 0 Å². The number of nitrogens with one attached hydrogen (secondary N) is 1. The van der Waals surface area contributed by atoms with Crippen LogP contribution in [0, 0.1) is 11.3 Å². The molecule has 0 unspecified atom stereocenters. The van der Waals surface area contributed by atoms with Gasteiger partial charge in [0.15, 0.2) is 0 Å². The van der Waals surface area contributed by atoms with Gasteiger partial charge in [-0.15, -0.1) is 11.3 Å². The van der Waals surface area contributed by atoms with Crippen LogP contribution in [0.15, 0.2) is 60.0 Å². The first-order chi connectivity index (χ1) is 15.6. The maximum Gasteiger partial charge on any atom is 0.313 e. The number of aromatic nitrogens is 1. The van der Waals surface area contributed by atoms with Crippen molar-refractivity contribution in [2.45, 2.75) is 26.4 Å². The van der Waals surface area contributed by atoms with E-state index in [0.29, 0.717) is 25.2 Å². The Morgan fingerprint density at radius 3 is 2.62 bits per heavy atom. The first kappa shape index (κ1) is 22.0. The molecule has 2 N–H and O–H groups in total. The van der Waals surface area contributed by atoms with Crippen LogP contribution in [0.5, 0.6) is 5.75 Å². The van der Waals surface area contributed by atoms with Crippen molar-refractivity contribution in [3.8, 4) is 16.3 Å². The number of hydrogen-bond acceptors (Lipinski definition) is 7. The number of benzene rings is 2. The number of amides is 1. The second kappa shape index (κ2) is 9.50. The van der Waals surface area contributed by atoms with Gasteiger partial charge in [-0.1, -0.05) is 42.5 Å². The van der Waals surface area contributed by atoms with Gasteiger partial charge in [0.2, 0.25) is 5.91 Å². The lowest BCUT2D eigenvalue weighted by molar-refractivity contribution is -0.152. The van der Waals surface area contributed by atoms with Gasteiger partial charge < -0.3 is 9.47 Å². The summed E-state index contributed by atoms with van der Waals surface area (Å²) in [6.07, 6.45) is 0.709. The standard InChI is InChI=1S/C24H24N2O5S/c1-2-30-23(28)24(13-20(24)21(27)26-29)12-16-8-10-19(11-9-16)31-14-18-15-32-22(25-18)17-6-4-3-5-7-17/h3-11,15,20,29H,2,12-14H2,1H3,(H,26,27)/t20-,24+/m1/s1. The second-order valence-electron chi connectivity index (χ2n) is 7.73. The fraction of sp³-hybridized carbons (Fsp3) is 0.292. The van der Waals surface area contributed by atoms with Crippen molar-refractivity contribution >= 4 is 23.2 Å². The molecule has 8 heteroatoms. The van der Waals surface area contributed by atoms with E-state index < -0.39 is 23.2 Å². The molecule has 0 saturated heterocycles. The van der Waals surface area contributed by atoms with E-state index >= 15 is 0 Å². The molecule has 1 saturated carbocycles. The summed E-state index contributed by atoms with van der Waals surface area (Å²) in [6, 6.07) is 17.4. The van der Waals surface area contributed by atoms with E-state index in [-0.39, 0.29) is 6.61 Å². The van der Waals surface area contributed by atoms with Crippen LogP contribution in [0.1, 0.15) is 24.6 Å². The highest BCUT2D eigenvalue weighted by Crippen LogP contribution is 2.56. The number of nitrogens with zero attached hydrogens (tertiary/aromatic N) is 1. The molecule has 0 aliphatic heterocycles. The number of hydrogen-bond donors (Lipinski definition) is 2. The molecule has 1 heterocycles. The van der Waals surface area contributed by atoms with Crippen molar-refractivity contribution in [2.75, 3.05) is 6.61 Å². The number of ether oxygens (including phenoxy) is 2. The Kier molecular flexibility index (Phi) is 6.53. The van der Waals surface area contributed by atoms with Gasteiger partial charge in [0.05, 0.1) is 23.6 Å². The number of thiazole rings is 1. The van der Waals surface area contributed by atoms with Crippen LogP contribution in [-0.4, -0.2) is 28.7 Å². The molecular weight excluding hydrogens is 428 g/mol. The molecule has 32 heavy (non-hydrogen) atoms. The molecule has 0 bridgehead atoms. The number of carbonyl (C=O) groups excluding carboxylic acids is 2. The van der Waals surface area contributed by atoms with E-state index in [2.05, 4.69) is 4.98 Å². The first-order valence-electron chi connectivity index (χ1n) is 10.4. The van der Waals surface area contributed by atoms with Gasteiger partial charge in [-0.3, -0.25) is 14.8 Å². The zero-order valence-corrected chi connectivity index (χ0v) is 18.4. The molecule has 4 rings (SSSR count). The molecule has 2 aromatic carbocycles. The third-order valence-corrected chi connectivity index (χ3v) is 6.53.